The van der Waals surface area contributed by atoms with Crippen LogP contribution in [0.4, 0.5) is 0 Å². The molecule has 0 aliphatic carbocycles. The van der Waals surface area contributed by atoms with Gasteiger partial charge in [-0.25, -0.2) is 9.67 Å². The van der Waals surface area contributed by atoms with Crippen LogP contribution in [0.15, 0.2) is 6.33 Å². The van der Waals surface area contributed by atoms with Gasteiger partial charge in [0.25, 0.3) is 0 Å². The molecule has 182 valence electrons. The topological polar surface area (TPSA) is 34.0 Å². The first-order valence-electron chi connectivity index (χ1n) is 13.8. The molecule has 1 rings (SSSR count). The van der Waals surface area contributed by atoms with Crippen molar-refractivity contribution in [1.29, 1.82) is 0 Å². The molecule has 2 atom stereocenters. The van der Waals surface area contributed by atoms with Crippen molar-refractivity contribution in [2.45, 2.75) is 138 Å². The predicted molar refractivity (Wildman–Crippen MR) is 135 cm³/mol. The lowest BCUT2D eigenvalue weighted by atomic mass is 9.96. The summed E-state index contributed by atoms with van der Waals surface area (Å²) in [7, 11) is 0. The van der Waals surface area contributed by atoms with Crippen molar-refractivity contribution in [3.63, 3.8) is 0 Å². The number of nitrogens with zero attached hydrogens (tertiary/aromatic N) is 4. The molecule has 0 N–H and O–H groups in total. The van der Waals surface area contributed by atoms with Gasteiger partial charge in [0.2, 0.25) is 0 Å². The molecule has 0 saturated carbocycles. The van der Waals surface area contributed by atoms with Crippen LogP contribution in [-0.2, 0) is 13.1 Å². The van der Waals surface area contributed by atoms with E-state index in [0.29, 0.717) is 0 Å². The fourth-order valence-electron chi connectivity index (χ4n) is 4.54. The molecule has 2 unspecified atom stereocenters. The Hall–Kier alpha value is -0.900. The Labute approximate surface area is 194 Å². The van der Waals surface area contributed by atoms with Gasteiger partial charge < -0.3 is 0 Å². The third kappa shape index (κ3) is 13.3. The van der Waals surface area contributed by atoms with Crippen molar-refractivity contribution in [3.8, 4) is 0 Å². The summed E-state index contributed by atoms with van der Waals surface area (Å²) in [5.41, 5.74) is 0. The van der Waals surface area contributed by atoms with Crippen LogP contribution in [0.5, 0.6) is 0 Å². The van der Waals surface area contributed by atoms with E-state index in [4.69, 9.17) is 5.10 Å². The zero-order valence-electron chi connectivity index (χ0n) is 21.7. The van der Waals surface area contributed by atoms with Gasteiger partial charge in [-0.05, 0) is 31.1 Å². The number of unbranched alkanes of at least 4 members (excludes halogenated alkanes) is 7. The molecule has 0 bridgehead atoms. The van der Waals surface area contributed by atoms with Gasteiger partial charge in [0.15, 0.2) is 5.82 Å². The van der Waals surface area contributed by atoms with Crippen molar-refractivity contribution < 1.29 is 0 Å². The van der Waals surface area contributed by atoms with Gasteiger partial charge >= 0.3 is 0 Å². The molecule has 1 aromatic heterocycles. The van der Waals surface area contributed by atoms with Crippen LogP contribution in [0, 0.1) is 11.8 Å². The molecular formula is C27H54N4. The summed E-state index contributed by atoms with van der Waals surface area (Å²) in [5.74, 6) is 2.64. The molecule has 0 aliphatic heterocycles. The van der Waals surface area contributed by atoms with Crippen LogP contribution >= 0.6 is 0 Å². The fourth-order valence-corrected chi connectivity index (χ4v) is 4.54. The third-order valence-corrected chi connectivity index (χ3v) is 6.80. The minimum Gasteiger partial charge on any atom is -0.284 e. The molecule has 4 heteroatoms. The van der Waals surface area contributed by atoms with Gasteiger partial charge in [-0.15, -0.1) is 0 Å². The Kier molecular flexibility index (Phi) is 16.9. The fraction of sp³-hybridized carbons (Fsp3) is 0.926. The van der Waals surface area contributed by atoms with Crippen molar-refractivity contribution in [2.75, 3.05) is 13.1 Å². The first-order chi connectivity index (χ1) is 15.2. The highest BCUT2D eigenvalue weighted by Crippen LogP contribution is 2.19. The standard InChI is InChI=1S/C27H54N4/c1-6-11-14-15-16-17-20-27-28-23-31(29-27)24-30(21-25(9-4)18-12-7-2)22-26(10-5)19-13-8-3/h23,25-26H,6-22,24H2,1-5H3. The Morgan fingerprint density at radius 1 is 0.742 bits per heavy atom. The second-order valence-corrected chi connectivity index (χ2v) is 9.73. The van der Waals surface area contributed by atoms with Gasteiger partial charge in [0.1, 0.15) is 6.33 Å². The monoisotopic (exact) mass is 434 g/mol. The van der Waals surface area contributed by atoms with Crippen LogP contribution in [0.1, 0.15) is 130 Å². The van der Waals surface area contributed by atoms with Gasteiger partial charge in [-0.2, -0.15) is 5.10 Å². The first kappa shape index (κ1) is 28.1. The van der Waals surface area contributed by atoms with Gasteiger partial charge in [0.05, 0.1) is 6.67 Å². The number of rotatable bonds is 21. The van der Waals surface area contributed by atoms with E-state index < -0.39 is 0 Å². The average molecular weight is 435 g/mol. The normalized spacial score (nSPS) is 13.7. The van der Waals surface area contributed by atoms with Crippen molar-refractivity contribution >= 4 is 0 Å². The molecular weight excluding hydrogens is 380 g/mol. The molecule has 0 radical (unpaired) electrons. The number of hydrogen-bond acceptors (Lipinski definition) is 3. The second-order valence-electron chi connectivity index (χ2n) is 9.73. The lowest BCUT2D eigenvalue weighted by Gasteiger charge is -2.30. The van der Waals surface area contributed by atoms with Gasteiger partial charge in [0, 0.05) is 19.5 Å². The summed E-state index contributed by atoms with van der Waals surface area (Å²) < 4.78 is 2.10. The van der Waals surface area contributed by atoms with Crippen molar-refractivity contribution in [2.24, 2.45) is 11.8 Å². The van der Waals surface area contributed by atoms with E-state index in [1.807, 2.05) is 6.33 Å². The SMILES string of the molecule is CCCCCCCCc1ncn(CN(CC(CC)CCCC)CC(CC)CCCC)n1. The summed E-state index contributed by atoms with van der Waals surface area (Å²) in [6, 6.07) is 0. The molecule has 0 aromatic carbocycles. The van der Waals surface area contributed by atoms with Crippen LogP contribution in [0.25, 0.3) is 0 Å². The molecule has 1 heterocycles. The highest BCUT2D eigenvalue weighted by molar-refractivity contribution is 4.82. The van der Waals surface area contributed by atoms with Crippen LogP contribution < -0.4 is 0 Å². The molecule has 4 nitrogen and oxygen atoms in total. The quantitative estimate of drug-likeness (QED) is 0.185. The summed E-state index contributed by atoms with van der Waals surface area (Å²) >= 11 is 0. The van der Waals surface area contributed by atoms with Crippen molar-refractivity contribution in [1.82, 2.24) is 19.7 Å². The van der Waals surface area contributed by atoms with Crippen LogP contribution in [0.3, 0.4) is 0 Å². The number of aryl methyl sites for hydroxylation is 1. The minimum absolute atomic E-state index is 0.801. The van der Waals surface area contributed by atoms with E-state index >= 15 is 0 Å². The molecule has 0 spiro atoms. The van der Waals surface area contributed by atoms with E-state index in [1.54, 1.807) is 0 Å². The predicted octanol–water partition coefficient (Wildman–Crippen LogP) is 7.87. The Morgan fingerprint density at radius 2 is 1.29 bits per heavy atom. The maximum absolute atomic E-state index is 4.84. The first-order valence-corrected chi connectivity index (χ1v) is 13.8. The maximum Gasteiger partial charge on any atom is 0.150 e. The molecule has 0 aliphatic rings. The third-order valence-electron chi connectivity index (χ3n) is 6.80. The number of hydrogen-bond donors (Lipinski definition) is 0. The molecule has 0 fully saturated rings. The lowest BCUT2D eigenvalue weighted by Crippen LogP contribution is -2.35. The Balaban J connectivity index is 2.63. The van der Waals surface area contributed by atoms with Crippen molar-refractivity contribution in [3.05, 3.63) is 12.2 Å². The number of aromatic nitrogens is 3. The van der Waals surface area contributed by atoms with E-state index in [1.165, 1.54) is 103 Å². The largest absolute Gasteiger partial charge is 0.284 e. The highest BCUT2D eigenvalue weighted by Gasteiger charge is 2.18. The van der Waals surface area contributed by atoms with Gasteiger partial charge in [-0.1, -0.05) is 105 Å². The summed E-state index contributed by atoms with van der Waals surface area (Å²) in [5, 5.41) is 4.84. The zero-order chi connectivity index (χ0) is 22.7. The Bertz CT molecular complexity index is 495. The zero-order valence-corrected chi connectivity index (χ0v) is 21.7. The van der Waals surface area contributed by atoms with E-state index in [0.717, 1.165) is 30.7 Å². The van der Waals surface area contributed by atoms with Crippen LogP contribution in [-0.4, -0.2) is 32.8 Å². The maximum atomic E-state index is 4.84. The average Bonchev–Trinajstić information content (AvgIpc) is 3.23. The minimum atomic E-state index is 0.801. The van der Waals surface area contributed by atoms with Gasteiger partial charge in [-0.3, -0.25) is 4.90 Å². The Morgan fingerprint density at radius 3 is 1.84 bits per heavy atom. The lowest BCUT2D eigenvalue weighted by molar-refractivity contribution is 0.138. The molecule has 0 saturated heterocycles. The molecule has 31 heavy (non-hydrogen) atoms. The summed E-state index contributed by atoms with van der Waals surface area (Å²) in [4.78, 5) is 7.30. The smallest absolute Gasteiger partial charge is 0.150 e. The molecule has 0 amide bonds. The molecule has 1 aromatic rings. The second kappa shape index (κ2) is 18.7. The summed E-state index contributed by atoms with van der Waals surface area (Å²) in [6.45, 7) is 14.9. The van der Waals surface area contributed by atoms with Crippen LogP contribution in [0.2, 0.25) is 0 Å². The van der Waals surface area contributed by atoms with E-state index in [-0.39, 0.29) is 0 Å². The van der Waals surface area contributed by atoms with E-state index in [2.05, 4.69) is 49.2 Å². The summed E-state index contributed by atoms with van der Waals surface area (Å²) in [6.07, 6.45) is 21.5. The van der Waals surface area contributed by atoms with E-state index in [9.17, 15) is 0 Å². The highest BCUT2D eigenvalue weighted by atomic mass is 15.4.